The third-order valence-electron chi connectivity index (χ3n) is 1.88. The van der Waals surface area contributed by atoms with Crippen LogP contribution in [-0.2, 0) is 0 Å². The zero-order valence-corrected chi connectivity index (χ0v) is 7.42. The van der Waals surface area contributed by atoms with Crippen molar-refractivity contribution in [2.24, 2.45) is 5.73 Å². The van der Waals surface area contributed by atoms with Gasteiger partial charge < -0.3 is 16.0 Å². The summed E-state index contributed by atoms with van der Waals surface area (Å²) >= 11 is 0. The van der Waals surface area contributed by atoms with E-state index in [2.05, 4.69) is 10.1 Å². The van der Waals surface area contributed by atoms with Crippen molar-refractivity contribution in [2.45, 2.75) is 6.04 Å². The lowest BCUT2D eigenvalue weighted by molar-refractivity contribution is 0.368. The molecule has 1 unspecified atom stereocenters. The first-order valence-corrected chi connectivity index (χ1v) is 4.17. The molecule has 72 valence electrons. The van der Waals surface area contributed by atoms with Crippen molar-refractivity contribution in [2.75, 3.05) is 5.73 Å². The molecule has 1 aromatic carbocycles. The highest BCUT2D eigenvalue weighted by Crippen LogP contribution is 2.17. The zero-order valence-electron chi connectivity index (χ0n) is 7.42. The Morgan fingerprint density at radius 3 is 2.50 bits per heavy atom. The number of hydrogen-bond donors (Lipinski definition) is 2. The van der Waals surface area contributed by atoms with Crippen molar-refractivity contribution in [3.8, 4) is 0 Å². The van der Waals surface area contributed by atoms with Gasteiger partial charge >= 0.3 is 0 Å². The monoisotopic (exact) mass is 190 g/mol. The van der Waals surface area contributed by atoms with E-state index in [0.29, 0.717) is 5.89 Å². The van der Waals surface area contributed by atoms with Gasteiger partial charge in [0.25, 0.3) is 5.95 Å². The summed E-state index contributed by atoms with van der Waals surface area (Å²) in [4.78, 5) is 3.86. The van der Waals surface area contributed by atoms with E-state index in [0.717, 1.165) is 5.56 Å². The van der Waals surface area contributed by atoms with Gasteiger partial charge in [0, 0.05) is 0 Å². The third kappa shape index (κ3) is 1.57. The van der Waals surface area contributed by atoms with Gasteiger partial charge in [-0.15, -0.1) is 0 Å². The Bertz CT molecular complexity index is 412. The minimum Gasteiger partial charge on any atom is -0.365 e. The van der Waals surface area contributed by atoms with Gasteiger partial charge in [0.15, 0.2) is 0 Å². The molecule has 0 spiro atoms. The van der Waals surface area contributed by atoms with Gasteiger partial charge in [0.05, 0.1) is 0 Å². The van der Waals surface area contributed by atoms with Gasteiger partial charge in [0.1, 0.15) is 6.04 Å². The molecule has 0 saturated carbocycles. The fraction of sp³-hybridized carbons (Fsp3) is 0.111. The van der Waals surface area contributed by atoms with E-state index in [1.54, 1.807) is 0 Å². The van der Waals surface area contributed by atoms with E-state index in [4.69, 9.17) is 16.0 Å². The van der Waals surface area contributed by atoms with Gasteiger partial charge in [0.2, 0.25) is 5.89 Å². The van der Waals surface area contributed by atoms with Crippen LogP contribution in [0.4, 0.5) is 5.95 Å². The highest BCUT2D eigenvalue weighted by Gasteiger charge is 2.14. The van der Waals surface area contributed by atoms with E-state index in [-0.39, 0.29) is 5.95 Å². The number of nitrogens with two attached hydrogens (primary N) is 2. The molecule has 0 fully saturated rings. The summed E-state index contributed by atoms with van der Waals surface area (Å²) in [7, 11) is 0. The van der Waals surface area contributed by atoms with Crippen molar-refractivity contribution in [1.29, 1.82) is 0 Å². The van der Waals surface area contributed by atoms with Gasteiger partial charge in [-0.3, -0.25) is 0 Å². The molecule has 0 aliphatic heterocycles. The van der Waals surface area contributed by atoms with Gasteiger partial charge in [-0.25, -0.2) is 0 Å². The summed E-state index contributed by atoms with van der Waals surface area (Å²) in [6.45, 7) is 0. The Labute approximate surface area is 80.7 Å². The maximum absolute atomic E-state index is 5.88. The molecule has 4 N–H and O–H groups in total. The number of nitrogens with zero attached hydrogens (tertiary/aromatic N) is 2. The first kappa shape index (κ1) is 8.71. The van der Waals surface area contributed by atoms with Gasteiger partial charge in [-0.05, 0) is 10.7 Å². The summed E-state index contributed by atoms with van der Waals surface area (Å²) in [5, 5.41) is 3.47. The van der Waals surface area contributed by atoms with E-state index in [1.807, 2.05) is 30.3 Å². The maximum Gasteiger partial charge on any atom is 0.260 e. The average Bonchev–Trinajstić information content (AvgIpc) is 2.65. The second-order valence-corrected chi connectivity index (χ2v) is 2.88. The predicted molar refractivity (Wildman–Crippen MR) is 51.2 cm³/mol. The summed E-state index contributed by atoms with van der Waals surface area (Å²) in [6, 6.07) is 9.08. The van der Waals surface area contributed by atoms with Crippen LogP contribution in [0.3, 0.4) is 0 Å². The normalized spacial score (nSPS) is 12.6. The van der Waals surface area contributed by atoms with Crippen LogP contribution >= 0.6 is 0 Å². The second kappa shape index (κ2) is 3.47. The standard InChI is InChI=1S/C9H10N4O/c10-7(6-4-2-1-3-5-6)8-12-9(11)13-14-8/h1-5,7H,10H2,(H2,11,13). The molecular formula is C9H10N4O. The van der Waals surface area contributed by atoms with Crippen LogP contribution in [0, 0.1) is 0 Å². The van der Waals surface area contributed by atoms with E-state index < -0.39 is 6.04 Å². The SMILES string of the molecule is Nc1noc(C(N)c2ccccc2)n1. The zero-order chi connectivity index (χ0) is 9.97. The molecular weight excluding hydrogens is 180 g/mol. The Hall–Kier alpha value is -1.88. The fourth-order valence-electron chi connectivity index (χ4n) is 1.18. The predicted octanol–water partition coefficient (Wildman–Crippen LogP) is 0.700. The number of anilines is 1. The molecule has 0 bridgehead atoms. The van der Waals surface area contributed by atoms with Crippen LogP contribution < -0.4 is 11.5 Å². The lowest BCUT2D eigenvalue weighted by Crippen LogP contribution is -2.12. The minimum atomic E-state index is -0.416. The summed E-state index contributed by atoms with van der Waals surface area (Å²) < 4.78 is 4.87. The highest BCUT2D eigenvalue weighted by molar-refractivity contribution is 5.24. The fourth-order valence-corrected chi connectivity index (χ4v) is 1.18. The molecule has 1 atom stereocenters. The van der Waals surface area contributed by atoms with Crippen LogP contribution in [0.15, 0.2) is 34.9 Å². The van der Waals surface area contributed by atoms with Crippen LogP contribution in [0.2, 0.25) is 0 Å². The Morgan fingerprint density at radius 1 is 1.21 bits per heavy atom. The lowest BCUT2D eigenvalue weighted by Gasteiger charge is -2.05. The Morgan fingerprint density at radius 2 is 1.93 bits per heavy atom. The number of hydrogen-bond acceptors (Lipinski definition) is 5. The number of aromatic nitrogens is 2. The molecule has 1 aromatic heterocycles. The minimum absolute atomic E-state index is 0.103. The first-order valence-electron chi connectivity index (χ1n) is 4.17. The summed E-state index contributed by atoms with van der Waals surface area (Å²) in [5.41, 5.74) is 12.1. The molecule has 5 heteroatoms. The third-order valence-corrected chi connectivity index (χ3v) is 1.88. The molecule has 0 saturated heterocycles. The summed E-state index contributed by atoms with van der Waals surface area (Å²) in [6.07, 6.45) is 0. The van der Waals surface area contributed by atoms with Crippen molar-refractivity contribution < 1.29 is 4.52 Å². The number of nitrogen functional groups attached to an aromatic ring is 1. The molecule has 0 aliphatic rings. The van der Waals surface area contributed by atoms with Crippen LogP contribution in [0.5, 0.6) is 0 Å². The van der Waals surface area contributed by atoms with Crippen LogP contribution in [0.25, 0.3) is 0 Å². The number of benzene rings is 1. The molecule has 5 nitrogen and oxygen atoms in total. The van der Waals surface area contributed by atoms with Gasteiger partial charge in [-0.1, -0.05) is 30.3 Å². The molecule has 1 heterocycles. The number of rotatable bonds is 2. The Balaban J connectivity index is 2.29. The Kier molecular flexibility index (Phi) is 2.16. The average molecular weight is 190 g/mol. The first-order chi connectivity index (χ1) is 6.77. The second-order valence-electron chi connectivity index (χ2n) is 2.88. The molecule has 0 radical (unpaired) electrons. The lowest BCUT2D eigenvalue weighted by atomic mass is 10.1. The topological polar surface area (TPSA) is 91.0 Å². The van der Waals surface area contributed by atoms with Crippen molar-refractivity contribution in [3.05, 3.63) is 41.8 Å². The van der Waals surface area contributed by atoms with Crippen molar-refractivity contribution >= 4 is 5.95 Å². The van der Waals surface area contributed by atoms with E-state index in [1.165, 1.54) is 0 Å². The van der Waals surface area contributed by atoms with Gasteiger partial charge in [-0.2, -0.15) is 4.98 Å². The smallest absolute Gasteiger partial charge is 0.260 e. The van der Waals surface area contributed by atoms with Crippen LogP contribution in [0.1, 0.15) is 17.5 Å². The van der Waals surface area contributed by atoms with Crippen LogP contribution in [-0.4, -0.2) is 10.1 Å². The van der Waals surface area contributed by atoms with E-state index in [9.17, 15) is 0 Å². The molecule has 0 amide bonds. The molecule has 2 aromatic rings. The summed E-state index contributed by atoms with van der Waals surface area (Å²) in [5.74, 6) is 0.431. The largest absolute Gasteiger partial charge is 0.365 e. The highest BCUT2D eigenvalue weighted by atomic mass is 16.5. The molecule has 2 rings (SSSR count). The van der Waals surface area contributed by atoms with Crippen molar-refractivity contribution in [3.63, 3.8) is 0 Å². The van der Waals surface area contributed by atoms with E-state index >= 15 is 0 Å². The molecule has 0 aliphatic carbocycles. The quantitative estimate of drug-likeness (QED) is 0.727. The molecule has 14 heavy (non-hydrogen) atoms. The van der Waals surface area contributed by atoms with Crippen molar-refractivity contribution in [1.82, 2.24) is 10.1 Å². The maximum atomic E-state index is 5.88.